The molecular formula is C8H14N4O. The average Bonchev–Trinajstić information content (AvgIpc) is 2.47. The monoisotopic (exact) mass is 182 g/mol. The molecule has 0 bridgehead atoms. The van der Waals surface area contributed by atoms with Crippen LogP contribution in [0.15, 0.2) is 6.33 Å². The number of anilines is 1. The summed E-state index contributed by atoms with van der Waals surface area (Å²) in [5, 5.41) is 2.79. The Morgan fingerprint density at radius 2 is 2.46 bits per heavy atom. The minimum atomic E-state index is -0.0284. The lowest BCUT2D eigenvalue weighted by Crippen LogP contribution is -2.22. The van der Waals surface area contributed by atoms with Crippen molar-refractivity contribution >= 4 is 11.6 Å². The molecule has 5 nitrogen and oxygen atoms in total. The molecule has 1 aromatic heterocycles. The van der Waals surface area contributed by atoms with Gasteiger partial charge in [0.05, 0.1) is 12.9 Å². The van der Waals surface area contributed by atoms with Crippen LogP contribution < -0.4 is 11.1 Å². The maximum atomic E-state index is 11.5. The maximum Gasteiger partial charge on any atom is 0.196 e. The van der Waals surface area contributed by atoms with Crippen LogP contribution in [0.1, 0.15) is 17.4 Å². The van der Waals surface area contributed by atoms with E-state index in [2.05, 4.69) is 10.3 Å². The van der Waals surface area contributed by atoms with Crippen LogP contribution in [0.3, 0.4) is 0 Å². The van der Waals surface area contributed by atoms with Gasteiger partial charge in [-0.2, -0.15) is 0 Å². The number of nitrogen functional groups attached to an aromatic ring is 1. The molecule has 5 heteroatoms. The average molecular weight is 182 g/mol. The second-order valence-corrected chi connectivity index (χ2v) is 2.72. The maximum absolute atomic E-state index is 11.5. The van der Waals surface area contributed by atoms with Crippen LogP contribution in [-0.2, 0) is 6.54 Å². The lowest BCUT2D eigenvalue weighted by Gasteiger charge is -2.04. The molecule has 1 rings (SSSR count). The van der Waals surface area contributed by atoms with Crippen molar-refractivity contribution in [3.05, 3.63) is 12.0 Å². The molecule has 0 amide bonds. The molecule has 3 N–H and O–H groups in total. The van der Waals surface area contributed by atoms with Gasteiger partial charge in [-0.05, 0) is 14.0 Å². The molecule has 0 aliphatic rings. The number of carbonyl (C=O) groups excluding carboxylic acids is 1. The van der Waals surface area contributed by atoms with Gasteiger partial charge in [0.25, 0.3) is 0 Å². The molecule has 13 heavy (non-hydrogen) atoms. The van der Waals surface area contributed by atoms with Crippen molar-refractivity contribution in [3.8, 4) is 0 Å². The largest absolute Gasteiger partial charge is 0.382 e. The van der Waals surface area contributed by atoms with Crippen molar-refractivity contribution in [1.82, 2.24) is 14.9 Å². The third-order valence-electron chi connectivity index (χ3n) is 1.81. The van der Waals surface area contributed by atoms with Gasteiger partial charge in [-0.15, -0.1) is 0 Å². The van der Waals surface area contributed by atoms with Crippen molar-refractivity contribution in [2.24, 2.45) is 0 Å². The number of likely N-dealkylation sites (N-methyl/N-ethyl adjacent to an activating group) is 1. The first-order valence-electron chi connectivity index (χ1n) is 4.19. The van der Waals surface area contributed by atoms with E-state index in [1.165, 1.54) is 0 Å². The summed E-state index contributed by atoms with van der Waals surface area (Å²) in [6, 6.07) is 0. The number of hydrogen-bond acceptors (Lipinski definition) is 4. The summed E-state index contributed by atoms with van der Waals surface area (Å²) in [5.41, 5.74) is 6.06. The van der Waals surface area contributed by atoms with Crippen molar-refractivity contribution in [1.29, 1.82) is 0 Å². The van der Waals surface area contributed by atoms with Crippen LogP contribution in [0.4, 0.5) is 5.82 Å². The van der Waals surface area contributed by atoms with E-state index in [1.54, 1.807) is 17.9 Å². The van der Waals surface area contributed by atoms with Gasteiger partial charge in [-0.1, -0.05) is 0 Å². The van der Waals surface area contributed by atoms with Gasteiger partial charge in [0.1, 0.15) is 5.69 Å². The van der Waals surface area contributed by atoms with Gasteiger partial charge in [-0.3, -0.25) is 4.79 Å². The van der Waals surface area contributed by atoms with Crippen LogP contribution >= 0.6 is 0 Å². The van der Waals surface area contributed by atoms with Gasteiger partial charge in [0.15, 0.2) is 11.6 Å². The standard InChI is InChI=1S/C8H14N4O/c1-3-12-5-11-8(9)7(12)6(13)4-10-2/h5,10H,3-4,9H2,1-2H3. The van der Waals surface area contributed by atoms with Crippen LogP contribution in [0.5, 0.6) is 0 Å². The smallest absolute Gasteiger partial charge is 0.196 e. The molecule has 0 saturated carbocycles. The Hall–Kier alpha value is -1.36. The van der Waals surface area contributed by atoms with Crippen LogP contribution in [0.2, 0.25) is 0 Å². The number of nitrogens with zero attached hydrogens (tertiary/aromatic N) is 2. The van der Waals surface area contributed by atoms with Gasteiger partial charge in [0, 0.05) is 6.54 Å². The number of Topliss-reactive ketones (excluding diaryl/α,β-unsaturated/α-hetero) is 1. The molecule has 72 valence electrons. The number of rotatable bonds is 4. The molecule has 0 aliphatic carbocycles. The topological polar surface area (TPSA) is 72.9 Å². The summed E-state index contributed by atoms with van der Waals surface area (Å²) >= 11 is 0. The van der Waals surface area contributed by atoms with Crippen molar-refractivity contribution in [2.45, 2.75) is 13.5 Å². The van der Waals surface area contributed by atoms with Gasteiger partial charge < -0.3 is 15.6 Å². The summed E-state index contributed by atoms with van der Waals surface area (Å²) in [6.45, 7) is 2.93. The van der Waals surface area contributed by atoms with E-state index >= 15 is 0 Å². The van der Waals surface area contributed by atoms with E-state index in [9.17, 15) is 4.79 Å². The number of carbonyl (C=O) groups is 1. The van der Waals surface area contributed by atoms with Crippen molar-refractivity contribution in [2.75, 3.05) is 19.3 Å². The predicted octanol–water partition coefficient (Wildman–Crippen LogP) is -0.113. The van der Waals surface area contributed by atoms with E-state index in [-0.39, 0.29) is 12.3 Å². The first-order valence-corrected chi connectivity index (χ1v) is 4.19. The van der Waals surface area contributed by atoms with E-state index in [0.717, 1.165) is 0 Å². The molecule has 0 unspecified atom stereocenters. The quantitative estimate of drug-likeness (QED) is 0.637. The highest BCUT2D eigenvalue weighted by Gasteiger charge is 2.14. The predicted molar refractivity (Wildman–Crippen MR) is 50.6 cm³/mol. The Bertz CT molecular complexity index is 305. The number of nitrogens with one attached hydrogen (secondary N) is 1. The van der Waals surface area contributed by atoms with Crippen molar-refractivity contribution in [3.63, 3.8) is 0 Å². The molecule has 1 heterocycles. The van der Waals surface area contributed by atoms with Gasteiger partial charge in [0.2, 0.25) is 0 Å². The van der Waals surface area contributed by atoms with E-state index in [0.29, 0.717) is 18.1 Å². The molecule has 0 atom stereocenters. The Kier molecular flexibility index (Phi) is 3.02. The zero-order valence-electron chi connectivity index (χ0n) is 7.87. The Morgan fingerprint density at radius 3 is 3.00 bits per heavy atom. The van der Waals surface area contributed by atoms with Crippen LogP contribution in [0.25, 0.3) is 0 Å². The number of nitrogens with two attached hydrogens (primary N) is 1. The third kappa shape index (κ3) is 1.86. The second-order valence-electron chi connectivity index (χ2n) is 2.72. The van der Waals surface area contributed by atoms with Gasteiger partial charge in [-0.25, -0.2) is 4.98 Å². The Balaban J connectivity index is 2.96. The molecule has 0 radical (unpaired) electrons. The highest BCUT2D eigenvalue weighted by Crippen LogP contribution is 2.09. The fourth-order valence-corrected chi connectivity index (χ4v) is 1.18. The number of ketones is 1. The minimum Gasteiger partial charge on any atom is -0.382 e. The second kappa shape index (κ2) is 4.04. The number of aromatic nitrogens is 2. The fourth-order valence-electron chi connectivity index (χ4n) is 1.18. The molecule has 0 spiro atoms. The molecule has 1 aromatic rings. The zero-order chi connectivity index (χ0) is 9.84. The molecule has 0 fully saturated rings. The Morgan fingerprint density at radius 1 is 1.77 bits per heavy atom. The third-order valence-corrected chi connectivity index (χ3v) is 1.81. The van der Waals surface area contributed by atoms with E-state index in [1.807, 2.05) is 6.92 Å². The normalized spacial score (nSPS) is 10.3. The van der Waals surface area contributed by atoms with Crippen LogP contribution in [0, 0.1) is 0 Å². The number of imidazole rings is 1. The molecule has 0 saturated heterocycles. The summed E-state index contributed by atoms with van der Waals surface area (Å²) in [5.74, 6) is 0.279. The first-order chi connectivity index (χ1) is 6.20. The molecule has 0 aliphatic heterocycles. The first kappa shape index (κ1) is 9.73. The highest BCUT2D eigenvalue weighted by atomic mass is 16.1. The fraction of sp³-hybridized carbons (Fsp3) is 0.500. The van der Waals surface area contributed by atoms with Crippen molar-refractivity contribution < 1.29 is 4.79 Å². The van der Waals surface area contributed by atoms with E-state index in [4.69, 9.17) is 5.73 Å². The SMILES string of the molecule is CCn1cnc(N)c1C(=O)CNC. The van der Waals surface area contributed by atoms with E-state index < -0.39 is 0 Å². The molecular weight excluding hydrogens is 168 g/mol. The summed E-state index contributed by atoms with van der Waals surface area (Å²) in [4.78, 5) is 15.4. The lowest BCUT2D eigenvalue weighted by atomic mass is 10.3. The summed E-state index contributed by atoms with van der Waals surface area (Å²) in [7, 11) is 1.72. The summed E-state index contributed by atoms with van der Waals surface area (Å²) < 4.78 is 1.75. The highest BCUT2D eigenvalue weighted by molar-refractivity contribution is 5.99. The van der Waals surface area contributed by atoms with Crippen LogP contribution in [-0.4, -0.2) is 28.9 Å². The number of hydrogen-bond donors (Lipinski definition) is 2. The lowest BCUT2D eigenvalue weighted by molar-refractivity contribution is 0.0986. The Labute approximate surface area is 76.9 Å². The van der Waals surface area contributed by atoms with Gasteiger partial charge >= 0.3 is 0 Å². The molecule has 0 aromatic carbocycles. The number of aryl methyl sites for hydroxylation is 1. The summed E-state index contributed by atoms with van der Waals surface area (Å²) in [6.07, 6.45) is 1.58. The zero-order valence-corrected chi connectivity index (χ0v) is 7.87. The minimum absolute atomic E-state index is 0.0284.